The third kappa shape index (κ3) is 3.56. The van der Waals surface area contributed by atoms with Crippen LogP contribution in [0.3, 0.4) is 0 Å². The zero-order valence-corrected chi connectivity index (χ0v) is 11.7. The van der Waals surface area contributed by atoms with Crippen molar-refractivity contribution < 1.29 is 21.6 Å². The second-order valence-corrected chi connectivity index (χ2v) is 6.00. The van der Waals surface area contributed by atoms with Gasteiger partial charge >= 0.3 is 6.18 Å². The van der Waals surface area contributed by atoms with Crippen LogP contribution in [0.5, 0.6) is 0 Å². The Morgan fingerprint density at radius 2 is 1.50 bits per heavy atom. The first-order valence-corrected chi connectivity index (χ1v) is 7.41. The van der Waals surface area contributed by atoms with E-state index in [0.29, 0.717) is 5.56 Å². The average Bonchev–Trinajstić information content (AvgIpc) is 2.46. The van der Waals surface area contributed by atoms with Crippen molar-refractivity contribution in [1.29, 1.82) is 5.26 Å². The molecule has 0 bridgehead atoms. The van der Waals surface area contributed by atoms with E-state index in [-0.39, 0.29) is 10.6 Å². The van der Waals surface area contributed by atoms with Gasteiger partial charge in [0.05, 0.1) is 22.1 Å². The lowest BCUT2D eigenvalue weighted by molar-refractivity contribution is -0.137. The average molecular weight is 326 g/mol. The molecule has 0 aromatic heterocycles. The summed E-state index contributed by atoms with van der Waals surface area (Å²) < 4.78 is 63.6. The van der Waals surface area contributed by atoms with Crippen molar-refractivity contribution in [1.82, 2.24) is 0 Å². The van der Waals surface area contributed by atoms with Gasteiger partial charge in [-0.05, 0) is 48.5 Å². The normalized spacial score (nSPS) is 11.7. The van der Waals surface area contributed by atoms with Crippen molar-refractivity contribution in [3.63, 3.8) is 0 Å². The van der Waals surface area contributed by atoms with E-state index in [1.54, 1.807) is 0 Å². The van der Waals surface area contributed by atoms with Crippen molar-refractivity contribution in [2.75, 3.05) is 4.72 Å². The minimum atomic E-state index is -4.48. The molecule has 0 radical (unpaired) electrons. The quantitative estimate of drug-likeness (QED) is 0.940. The van der Waals surface area contributed by atoms with Crippen LogP contribution in [-0.4, -0.2) is 8.42 Å². The zero-order chi connectivity index (χ0) is 16.4. The van der Waals surface area contributed by atoms with Gasteiger partial charge in [-0.1, -0.05) is 0 Å². The molecule has 8 heteroatoms. The van der Waals surface area contributed by atoms with Crippen LogP contribution < -0.4 is 4.72 Å². The molecular formula is C14H9F3N2O2S. The van der Waals surface area contributed by atoms with E-state index in [1.807, 2.05) is 6.07 Å². The molecule has 0 saturated carbocycles. The Hall–Kier alpha value is -2.53. The van der Waals surface area contributed by atoms with E-state index in [9.17, 15) is 21.6 Å². The molecule has 0 amide bonds. The standard InChI is InChI=1S/C14H9F3N2O2S/c15-14(16,17)11-3-5-12(6-4-11)19-22(20,21)13-7-1-10(9-18)2-8-13/h1-8,19H. The van der Waals surface area contributed by atoms with E-state index in [1.165, 1.54) is 24.3 Å². The lowest BCUT2D eigenvalue weighted by Crippen LogP contribution is -2.13. The number of alkyl halides is 3. The van der Waals surface area contributed by atoms with E-state index < -0.39 is 21.8 Å². The van der Waals surface area contributed by atoms with Gasteiger partial charge in [-0.15, -0.1) is 0 Å². The van der Waals surface area contributed by atoms with Gasteiger partial charge in [0, 0.05) is 5.69 Å². The maximum absolute atomic E-state index is 12.4. The molecule has 0 aliphatic heterocycles. The van der Waals surface area contributed by atoms with Crippen LogP contribution in [-0.2, 0) is 16.2 Å². The lowest BCUT2D eigenvalue weighted by atomic mass is 10.2. The first kappa shape index (κ1) is 15.9. The second kappa shape index (κ2) is 5.69. The Labute approximate surface area is 124 Å². The van der Waals surface area contributed by atoms with Crippen LogP contribution in [0.1, 0.15) is 11.1 Å². The van der Waals surface area contributed by atoms with Gasteiger partial charge in [0.1, 0.15) is 0 Å². The molecule has 0 saturated heterocycles. The highest BCUT2D eigenvalue weighted by atomic mass is 32.2. The fourth-order valence-electron chi connectivity index (χ4n) is 1.65. The molecule has 0 aliphatic rings. The van der Waals surface area contributed by atoms with Crippen LogP contribution in [0, 0.1) is 11.3 Å². The fourth-order valence-corrected chi connectivity index (χ4v) is 2.71. The van der Waals surface area contributed by atoms with Gasteiger partial charge in [0.25, 0.3) is 10.0 Å². The van der Waals surface area contributed by atoms with Crippen molar-refractivity contribution in [3.8, 4) is 6.07 Å². The Kier molecular flexibility index (Phi) is 4.10. The van der Waals surface area contributed by atoms with Gasteiger partial charge in [-0.3, -0.25) is 4.72 Å². The zero-order valence-electron chi connectivity index (χ0n) is 10.9. The Morgan fingerprint density at radius 1 is 0.955 bits per heavy atom. The van der Waals surface area contributed by atoms with Gasteiger partial charge in [-0.2, -0.15) is 18.4 Å². The van der Waals surface area contributed by atoms with Gasteiger partial charge < -0.3 is 0 Å². The van der Waals surface area contributed by atoms with Crippen molar-refractivity contribution >= 4 is 15.7 Å². The maximum atomic E-state index is 12.4. The van der Waals surface area contributed by atoms with Crippen molar-refractivity contribution in [2.45, 2.75) is 11.1 Å². The summed E-state index contributed by atoms with van der Waals surface area (Å²) in [6.07, 6.45) is -4.48. The summed E-state index contributed by atoms with van der Waals surface area (Å²) in [6.45, 7) is 0. The molecular weight excluding hydrogens is 317 g/mol. The third-order valence-electron chi connectivity index (χ3n) is 2.76. The highest BCUT2D eigenvalue weighted by Crippen LogP contribution is 2.30. The SMILES string of the molecule is N#Cc1ccc(S(=O)(=O)Nc2ccc(C(F)(F)F)cc2)cc1. The minimum Gasteiger partial charge on any atom is -0.280 e. The molecule has 2 aromatic rings. The van der Waals surface area contributed by atoms with Crippen LogP contribution >= 0.6 is 0 Å². The molecule has 22 heavy (non-hydrogen) atoms. The molecule has 0 unspecified atom stereocenters. The van der Waals surface area contributed by atoms with Crippen LogP contribution in [0.4, 0.5) is 18.9 Å². The summed E-state index contributed by atoms with van der Waals surface area (Å²) in [6, 6.07) is 10.6. The van der Waals surface area contributed by atoms with E-state index >= 15 is 0 Å². The Bertz CT molecular complexity index is 805. The molecule has 0 atom stereocenters. The summed E-state index contributed by atoms with van der Waals surface area (Å²) >= 11 is 0. The predicted molar refractivity (Wildman–Crippen MR) is 73.4 cm³/mol. The first-order valence-electron chi connectivity index (χ1n) is 5.92. The number of halogens is 3. The molecule has 0 fully saturated rings. The highest BCUT2D eigenvalue weighted by molar-refractivity contribution is 7.92. The lowest BCUT2D eigenvalue weighted by Gasteiger charge is -2.10. The van der Waals surface area contributed by atoms with E-state index in [2.05, 4.69) is 4.72 Å². The third-order valence-corrected chi connectivity index (χ3v) is 4.16. The van der Waals surface area contributed by atoms with E-state index in [0.717, 1.165) is 24.3 Å². The smallest absolute Gasteiger partial charge is 0.280 e. The summed E-state index contributed by atoms with van der Waals surface area (Å²) in [5, 5.41) is 8.65. The summed E-state index contributed by atoms with van der Waals surface area (Å²) in [4.78, 5) is -0.0913. The summed E-state index contributed by atoms with van der Waals surface area (Å²) in [7, 11) is -3.93. The molecule has 1 N–H and O–H groups in total. The maximum Gasteiger partial charge on any atom is 0.416 e. The predicted octanol–water partition coefficient (Wildman–Crippen LogP) is 3.38. The number of benzene rings is 2. The van der Waals surface area contributed by atoms with Gasteiger partial charge in [0.15, 0.2) is 0 Å². The summed E-state index contributed by atoms with van der Waals surface area (Å²) in [5.41, 5.74) is -0.556. The molecule has 0 aliphatic carbocycles. The van der Waals surface area contributed by atoms with Crippen molar-refractivity contribution in [2.24, 2.45) is 0 Å². The molecule has 114 valence electrons. The number of nitriles is 1. The number of nitrogens with one attached hydrogen (secondary N) is 1. The molecule has 0 heterocycles. The van der Waals surface area contributed by atoms with Gasteiger partial charge in [0.2, 0.25) is 0 Å². The Balaban J connectivity index is 2.23. The fraction of sp³-hybridized carbons (Fsp3) is 0.0714. The van der Waals surface area contributed by atoms with Crippen LogP contribution in [0.2, 0.25) is 0 Å². The number of rotatable bonds is 3. The topological polar surface area (TPSA) is 70.0 Å². The highest BCUT2D eigenvalue weighted by Gasteiger charge is 2.30. The van der Waals surface area contributed by atoms with Crippen molar-refractivity contribution in [3.05, 3.63) is 59.7 Å². The molecule has 2 rings (SSSR count). The number of sulfonamides is 1. The molecule has 0 spiro atoms. The number of hydrogen-bond acceptors (Lipinski definition) is 3. The number of nitrogens with zero attached hydrogens (tertiary/aromatic N) is 1. The van der Waals surface area contributed by atoms with E-state index in [4.69, 9.17) is 5.26 Å². The minimum absolute atomic E-state index is 0.0114. The molecule has 2 aromatic carbocycles. The van der Waals surface area contributed by atoms with Gasteiger partial charge in [-0.25, -0.2) is 8.42 Å². The van der Waals surface area contributed by atoms with Crippen LogP contribution in [0.15, 0.2) is 53.4 Å². The first-order chi connectivity index (χ1) is 10.2. The summed E-state index contributed by atoms with van der Waals surface area (Å²) in [5.74, 6) is 0. The number of anilines is 1. The number of hydrogen-bond donors (Lipinski definition) is 1. The molecule has 4 nitrogen and oxygen atoms in total. The monoisotopic (exact) mass is 326 g/mol. The second-order valence-electron chi connectivity index (χ2n) is 4.32. The van der Waals surface area contributed by atoms with Crippen LogP contribution in [0.25, 0.3) is 0 Å². The largest absolute Gasteiger partial charge is 0.416 e. The Morgan fingerprint density at radius 3 is 1.95 bits per heavy atom.